The van der Waals surface area contributed by atoms with E-state index in [0.29, 0.717) is 10.6 Å². The van der Waals surface area contributed by atoms with Gasteiger partial charge in [0.1, 0.15) is 5.75 Å². The van der Waals surface area contributed by atoms with Crippen molar-refractivity contribution in [1.29, 1.82) is 0 Å². The van der Waals surface area contributed by atoms with Crippen LogP contribution in [-0.2, 0) is 4.79 Å². The molecule has 39 heavy (non-hydrogen) atoms. The highest BCUT2D eigenvalue weighted by Crippen LogP contribution is 2.45. The number of nitrogens with one attached hydrogen (secondary N) is 2. The topological polar surface area (TPSA) is 91.4 Å². The molecule has 7 heteroatoms. The van der Waals surface area contributed by atoms with E-state index in [4.69, 9.17) is 21.4 Å². The number of carbonyl (C=O) groups excluding carboxylic acids is 1. The molecule has 0 radical (unpaired) electrons. The Morgan fingerprint density at radius 3 is 2.38 bits per heavy atom. The molecule has 1 aromatic heterocycles. The summed E-state index contributed by atoms with van der Waals surface area (Å²) in [6.45, 7) is 4.35. The van der Waals surface area contributed by atoms with E-state index in [0.717, 1.165) is 47.0 Å². The highest BCUT2D eigenvalue weighted by atomic mass is 35.5. The fraction of sp³-hybridized carbons (Fsp3) is 0.312. The van der Waals surface area contributed by atoms with Crippen LogP contribution in [0.15, 0.2) is 66.9 Å². The number of fused-ring (bicyclic) bond motifs is 1. The Labute approximate surface area is 234 Å². The maximum atomic E-state index is 12.6. The van der Waals surface area contributed by atoms with Crippen LogP contribution in [0.2, 0.25) is 5.02 Å². The zero-order valence-electron chi connectivity index (χ0n) is 22.6. The van der Waals surface area contributed by atoms with Gasteiger partial charge in [0.05, 0.1) is 13.5 Å². The average molecular weight is 547 g/mol. The minimum Gasteiger partial charge on any atom is -0.497 e. The number of aromatic nitrogens is 1. The number of methoxy groups -OCH3 is 1. The van der Waals surface area contributed by atoms with Gasteiger partial charge in [-0.05, 0) is 77.9 Å². The number of carboxylic acid groups (broad SMARTS) is 1. The number of rotatable bonds is 12. The van der Waals surface area contributed by atoms with Crippen LogP contribution >= 0.6 is 11.6 Å². The first-order valence-electron chi connectivity index (χ1n) is 13.3. The Morgan fingerprint density at radius 2 is 1.74 bits per heavy atom. The van der Waals surface area contributed by atoms with Crippen LogP contribution in [0, 0.1) is 6.92 Å². The molecule has 4 aromatic rings. The highest BCUT2D eigenvalue weighted by Gasteiger charge is 2.29. The van der Waals surface area contributed by atoms with Gasteiger partial charge < -0.3 is 20.1 Å². The molecular formula is C32H35ClN2O4. The summed E-state index contributed by atoms with van der Waals surface area (Å²) in [6, 6.07) is 20.0. The van der Waals surface area contributed by atoms with Crippen molar-refractivity contribution in [2.45, 2.75) is 51.4 Å². The average Bonchev–Trinajstić information content (AvgIpc) is 3.34. The molecule has 3 aromatic carbocycles. The van der Waals surface area contributed by atoms with E-state index in [9.17, 15) is 9.59 Å². The number of carbonyl (C=O) groups is 2. The van der Waals surface area contributed by atoms with Crippen molar-refractivity contribution in [3.05, 3.63) is 99.7 Å². The Bertz CT molecular complexity index is 1430. The van der Waals surface area contributed by atoms with E-state index in [1.165, 1.54) is 11.1 Å². The van der Waals surface area contributed by atoms with Crippen molar-refractivity contribution in [3.8, 4) is 5.75 Å². The molecule has 0 saturated heterocycles. The fourth-order valence-electron chi connectivity index (χ4n) is 5.30. The summed E-state index contributed by atoms with van der Waals surface area (Å²) < 4.78 is 5.43. The molecule has 4 rings (SSSR count). The number of aromatic amines is 1. The summed E-state index contributed by atoms with van der Waals surface area (Å²) in [5.74, 6) is -0.243. The molecule has 0 spiro atoms. The molecule has 0 aliphatic rings. The quantitative estimate of drug-likeness (QED) is 0.172. The normalized spacial score (nSPS) is 12.7. The third-order valence-corrected chi connectivity index (χ3v) is 7.51. The molecule has 1 amide bonds. The summed E-state index contributed by atoms with van der Waals surface area (Å²) in [6.07, 6.45) is 5.07. The van der Waals surface area contributed by atoms with Crippen LogP contribution in [-0.4, -0.2) is 35.6 Å². The number of aliphatic carboxylic acids is 1. The van der Waals surface area contributed by atoms with Gasteiger partial charge in [0, 0.05) is 40.1 Å². The third-order valence-electron chi connectivity index (χ3n) is 7.29. The molecule has 2 atom stereocenters. The smallest absolute Gasteiger partial charge is 0.305 e. The number of benzene rings is 3. The van der Waals surface area contributed by atoms with Gasteiger partial charge in [0.15, 0.2) is 0 Å². The van der Waals surface area contributed by atoms with Crippen molar-refractivity contribution < 1.29 is 19.4 Å². The summed E-state index contributed by atoms with van der Waals surface area (Å²) in [7, 11) is 1.67. The van der Waals surface area contributed by atoms with E-state index in [2.05, 4.69) is 42.5 Å². The fourth-order valence-corrected chi connectivity index (χ4v) is 5.58. The number of carboxylic acids is 1. The molecule has 0 fully saturated rings. The van der Waals surface area contributed by atoms with Crippen LogP contribution in [0.5, 0.6) is 5.75 Å². The van der Waals surface area contributed by atoms with Crippen LogP contribution < -0.4 is 10.1 Å². The number of unbranched alkanes of at least 4 members (excludes halogenated alkanes) is 1. The molecular weight excluding hydrogens is 512 g/mol. The molecule has 1 heterocycles. The van der Waals surface area contributed by atoms with Crippen molar-refractivity contribution in [2.24, 2.45) is 0 Å². The van der Waals surface area contributed by atoms with Crippen molar-refractivity contribution in [1.82, 2.24) is 10.3 Å². The van der Waals surface area contributed by atoms with E-state index < -0.39 is 5.97 Å². The zero-order chi connectivity index (χ0) is 27.9. The predicted octanol–water partition coefficient (Wildman–Crippen LogP) is 7.45. The molecule has 0 aliphatic heterocycles. The standard InChI is InChI=1S/C32H35ClN2O4/c1-4-5-6-26(21-7-9-23(10-8-21)32(38)34-16-15-29(36)37)30(22-11-13-25(39-3)14-12-22)28-19-35-31-20(2)17-24(33)18-27(28)31/h7-14,17-19,26,30,35H,4-6,15-16H2,1-3H3,(H,34,38)(H,36,37). The summed E-state index contributed by atoms with van der Waals surface area (Å²) in [5, 5.41) is 13.3. The van der Waals surface area contributed by atoms with Crippen molar-refractivity contribution >= 4 is 34.4 Å². The van der Waals surface area contributed by atoms with E-state index in [-0.39, 0.29) is 30.7 Å². The second-order valence-corrected chi connectivity index (χ2v) is 10.3. The lowest BCUT2D eigenvalue weighted by Crippen LogP contribution is -2.26. The van der Waals surface area contributed by atoms with Gasteiger partial charge in [0.25, 0.3) is 5.91 Å². The molecule has 6 nitrogen and oxygen atoms in total. The van der Waals surface area contributed by atoms with E-state index >= 15 is 0 Å². The van der Waals surface area contributed by atoms with Gasteiger partial charge in [-0.2, -0.15) is 0 Å². The van der Waals surface area contributed by atoms with Gasteiger partial charge in [-0.25, -0.2) is 0 Å². The minimum atomic E-state index is -0.942. The van der Waals surface area contributed by atoms with Crippen LogP contribution in [0.4, 0.5) is 0 Å². The molecule has 0 bridgehead atoms. The number of ether oxygens (including phenoxy) is 1. The third kappa shape index (κ3) is 6.63. The Kier molecular flexibility index (Phi) is 9.31. The van der Waals surface area contributed by atoms with Crippen LogP contribution in [0.1, 0.15) is 77.1 Å². The number of aryl methyl sites for hydroxylation is 1. The van der Waals surface area contributed by atoms with Crippen molar-refractivity contribution in [3.63, 3.8) is 0 Å². The number of H-pyrrole nitrogens is 1. The van der Waals surface area contributed by atoms with Crippen molar-refractivity contribution in [2.75, 3.05) is 13.7 Å². The Morgan fingerprint density at radius 1 is 1.05 bits per heavy atom. The minimum absolute atomic E-state index is 0.0318. The van der Waals surface area contributed by atoms with Gasteiger partial charge in [0.2, 0.25) is 0 Å². The summed E-state index contributed by atoms with van der Waals surface area (Å²) in [5.41, 5.74) is 6.17. The second kappa shape index (κ2) is 12.9. The predicted molar refractivity (Wildman–Crippen MR) is 156 cm³/mol. The van der Waals surface area contributed by atoms with Gasteiger partial charge in [-0.15, -0.1) is 0 Å². The lowest BCUT2D eigenvalue weighted by atomic mass is 9.74. The monoisotopic (exact) mass is 546 g/mol. The summed E-state index contributed by atoms with van der Waals surface area (Å²) in [4.78, 5) is 26.8. The maximum Gasteiger partial charge on any atom is 0.305 e. The zero-order valence-corrected chi connectivity index (χ0v) is 23.3. The molecule has 3 N–H and O–H groups in total. The highest BCUT2D eigenvalue weighted by molar-refractivity contribution is 6.31. The number of halogens is 1. The molecule has 204 valence electrons. The largest absolute Gasteiger partial charge is 0.497 e. The second-order valence-electron chi connectivity index (χ2n) is 9.91. The van der Waals surface area contributed by atoms with E-state index in [1.54, 1.807) is 7.11 Å². The molecule has 0 aliphatic carbocycles. The van der Waals surface area contributed by atoms with Gasteiger partial charge in [-0.3, -0.25) is 9.59 Å². The lowest BCUT2D eigenvalue weighted by Gasteiger charge is -2.29. The Balaban J connectivity index is 1.78. The van der Waals surface area contributed by atoms with E-state index in [1.807, 2.05) is 48.5 Å². The van der Waals surface area contributed by atoms with Crippen LogP contribution in [0.25, 0.3) is 10.9 Å². The SMILES string of the molecule is CCCCC(c1ccc(C(=O)NCCC(=O)O)cc1)C(c1ccc(OC)cc1)c1c[nH]c2c(C)cc(Cl)cc12. The number of hydrogen-bond donors (Lipinski definition) is 3. The number of amides is 1. The van der Waals surface area contributed by atoms with Gasteiger partial charge >= 0.3 is 5.97 Å². The molecule has 2 unspecified atom stereocenters. The Hall–Kier alpha value is -3.77. The summed E-state index contributed by atoms with van der Waals surface area (Å²) >= 11 is 6.52. The first-order valence-corrected chi connectivity index (χ1v) is 13.7. The molecule has 0 saturated carbocycles. The first kappa shape index (κ1) is 28.2. The van der Waals surface area contributed by atoms with Gasteiger partial charge in [-0.1, -0.05) is 55.6 Å². The first-order chi connectivity index (χ1) is 18.8. The maximum absolute atomic E-state index is 12.6. The lowest BCUT2D eigenvalue weighted by molar-refractivity contribution is -0.136. The van der Waals surface area contributed by atoms with Crippen LogP contribution in [0.3, 0.4) is 0 Å². The number of hydrogen-bond acceptors (Lipinski definition) is 3.